The second-order valence-electron chi connectivity index (χ2n) is 9.54. The summed E-state index contributed by atoms with van der Waals surface area (Å²) in [6.07, 6.45) is 0. The Morgan fingerprint density at radius 3 is 2.37 bits per heavy atom. The van der Waals surface area contributed by atoms with Crippen molar-refractivity contribution < 1.29 is 14.4 Å². The monoisotopic (exact) mass is 507 g/mol. The third-order valence-corrected chi connectivity index (χ3v) is 9.54. The van der Waals surface area contributed by atoms with Crippen LogP contribution in [0, 0.1) is 19.8 Å². The van der Waals surface area contributed by atoms with Crippen LogP contribution in [0.2, 0.25) is 0 Å². The Hall–Kier alpha value is -3.17. The molecule has 1 N–H and O–H groups in total. The van der Waals surface area contributed by atoms with Gasteiger partial charge >= 0.3 is 4.87 Å². The number of hydrogen-bond donors (Lipinski definition) is 1. The van der Waals surface area contributed by atoms with Crippen LogP contribution in [-0.4, -0.2) is 27.5 Å². The maximum atomic E-state index is 13.5. The molecule has 0 spiro atoms. The molecular weight excluding hydrogens is 482 g/mol. The Morgan fingerprint density at radius 1 is 1.00 bits per heavy atom. The van der Waals surface area contributed by atoms with Gasteiger partial charge in [0, 0.05) is 16.0 Å². The van der Waals surface area contributed by atoms with E-state index in [0.29, 0.717) is 16.4 Å². The van der Waals surface area contributed by atoms with Gasteiger partial charge in [0.1, 0.15) is 11.8 Å². The van der Waals surface area contributed by atoms with E-state index in [4.69, 9.17) is 0 Å². The van der Waals surface area contributed by atoms with Crippen molar-refractivity contribution in [1.29, 1.82) is 0 Å². The molecule has 2 aliphatic rings. The number of nitrogens with zero attached hydrogens (tertiary/aromatic N) is 2. The fraction of sp³-hybridized carbons (Fsp3) is 0.308. The molecule has 0 aliphatic carbocycles. The lowest BCUT2D eigenvalue weighted by Crippen LogP contribution is -2.41. The highest BCUT2D eigenvalue weighted by atomic mass is 32.2. The Balaban J connectivity index is 1.48. The van der Waals surface area contributed by atoms with Crippen molar-refractivity contribution in [3.63, 3.8) is 0 Å². The molecule has 3 amide bonds. The van der Waals surface area contributed by atoms with Crippen LogP contribution in [0.1, 0.15) is 29.9 Å². The minimum absolute atomic E-state index is 0.163. The minimum atomic E-state index is -0.737. The quantitative estimate of drug-likeness (QED) is 0.537. The van der Waals surface area contributed by atoms with Crippen molar-refractivity contribution in [3.05, 3.63) is 74.2 Å². The van der Waals surface area contributed by atoms with Gasteiger partial charge in [-0.25, -0.2) is 4.90 Å². The number of nitrogens with one attached hydrogen (secondary N) is 1. The predicted octanol–water partition coefficient (Wildman–Crippen LogP) is 4.11. The molecule has 0 unspecified atom stereocenters. The van der Waals surface area contributed by atoms with Crippen LogP contribution in [0.4, 0.5) is 11.4 Å². The second kappa shape index (κ2) is 8.49. The van der Waals surface area contributed by atoms with Crippen molar-refractivity contribution in [3.8, 4) is 0 Å². The standard InChI is InChI=1S/C26H25N3O4S2/c1-14-9-11-16(12-10-14)29-22(31)19-20(23(29)32)34-24-21(26(19,3)4)35-25(33)28(24)13-18(30)27-17-8-6-5-7-15(17)2/h5-12,19-20H,13H2,1-4H3,(H,27,30)/t19-,20+/m1/s1. The predicted molar refractivity (Wildman–Crippen MR) is 138 cm³/mol. The average molecular weight is 508 g/mol. The van der Waals surface area contributed by atoms with Gasteiger partial charge in [0.2, 0.25) is 17.7 Å². The summed E-state index contributed by atoms with van der Waals surface area (Å²) in [7, 11) is 0. The Labute approximate surface area is 211 Å². The minimum Gasteiger partial charge on any atom is -0.324 e. The summed E-state index contributed by atoms with van der Waals surface area (Å²) in [5.41, 5.74) is 2.46. The molecule has 180 valence electrons. The lowest BCUT2D eigenvalue weighted by molar-refractivity contribution is -0.123. The van der Waals surface area contributed by atoms with E-state index in [0.717, 1.165) is 27.3 Å². The molecule has 0 radical (unpaired) electrons. The number of fused-ring (bicyclic) bond motifs is 2. The first kappa shape index (κ1) is 23.6. The number of aromatic nitrogens is 1. The van der Waals surface area contributed by atoms with Crippen molar-refractivity contribution in [2.75, 3.05) is 10.2 Å². The van der Waals surface area contributed by atoms with Gasteiger partial charge in [-0.3, -0.25) is 23.7 Å². The third kappa shape index (κ3) is 3.83. The van der Waals surface area contributed by atoms with Crippen LogP contribution in [0.3, 0.4) is 0 Å². The summed E-state index contributed by atoms with van der Waals surface area (Å²) in [5.74, 6) is -1.46. The summed E-state index contributed by atoms with van der Waals surface area (Å²) in [6, 6.07) is 14.7. The summed E-state index contributed by atoms with van der Waals surface area (Å²) < 4.78 is 1.43. The molecule has 2 atom stereocenters. The van der Waals surface area contributed by atoms with Crippen LogP contribution >= 0.6 is 23.1 Å². The third-order valence-electron chi connectivity index (χ3n) is 6.72. The van der Waals surface area contributed by atoms with Crippen LogP contribution < -0.4 is 15.1 Å². The van der Waals surface area contributed by atoms with E-state index in [1.807, 2.05) is 64.1 Å². The van der Waals surface area contributed by atoms with Gasteiger partial charge < -0.3 is 5.32 Å². The molecule has 7 nitrogen and oxygen atoms in total. The number of benzene rings is 2. The molecule has 1 aromatic heterocycles. The van der Waals surface area contributed by atoms with Gasteiger partial charge in [0.15, 0.2) is 0 Å². The van der Waals surface area contributed by atoms with E-state index in [1.165, 1.54) is 21.2 Å². The molecule has 3 heterocycles. The number of rotatable bonds is 4. The normalized spacial score (nSPS) is 20.5. The van der Waals surface area contributed by atoms with Gasteiger partial charge in [-0.2, -0.15) is 0 Å². The number of para-hydroxylation sites is 1. The smallest absolute Gasteiger partial charge is 0.308 e. The van der Waals surface area contributed by atoms with E-state index in [2.05, 4.69) is 5.32 Å². The molecule has 2 aliphatic heterocycles. The number of hydrogen-bond acceptors (Lipinski definition) is 6. The number of thioether (sulfide) groups is 1. The maximum absolute atomic E-state index is 13.5. The summed E-state index contributed by atoms with van der Waals surface area (Å²) in [5, 5.41) is 2.80. The van der Waals surface area contributed by atoms with Crippen LogP contribution in [0.5, 0.6) is 0 Å². The zero-order valence-corrected chi connectivity index (χ0v) is 21.5. The van der Waals surface area contributed by atoms with Gasteiger partial charge in [-0.05, 0) is 37.6 Å². The lowest BCUT2D eigenvalue weighted by Gasteiger charge is -2.36. The van der Waals surface area contributed by atoms with E-state index < -0.39 is 16.6 Å². The Morgan fingerprint density at radius 2 is 1.69 bits per heavy atom. The molecule has 1 saturated heterocycles. The summed E-state index contributed by atoms with van der Waals surface area (Å²) in [6.45, 7) is 7.49. The molecule has 5 rings (SSSR count). The maximum Gasteiger partial charge on any atom is 0.308 e. The van der Waals surface area contributed by atoms with Crippen molar-refractivity contribution in [2.24, 2.45) is 5.92 Å². The lowest BCUT2D eigenvalue weighted by atomic mass is 9.76. The molecule has 3 aromatic rings. The Kier molecular flexibility index (Phi) is 5.72. The zero-order chi connectivity index (χ0) is 25.1. The largest absolute Gasteiger partial charge is 0.324 e. The first-order chi connectivity index (χ1) is 16.6. The number of aryl methyl sites for hydroxylation is 2. The highest BCUT2D eigenvalue weighted by molar-refractivity contribution is 8.00. The fourth-order valence-electron chi connectivity index (χ4n) is 4.76. The summed E-state index contributed by atoms with van der Waals surface area (Å²) >= 11 is 2.27. The Bertz CT molecular complexity index is 1420. The molecular formula is C26H25N3O4S2. The molecule has 35 heavy (non-hydrogen) atoms. The number of imide groups is 1. The fourth-order valence-corrected chi connectivity index (χ4v) is 7.80. The van der Waals surface area contributed by atoms with E-state index >= 15 is 0 Å². The highest BCUT2D eigenvalue weighted by Gasteiger charge is 2.59. The van der Waals surface area contributed by atoms with Crippen molar-refractivity contribution >= 4 is 52.2 Å². The highest BCUT2D eigenvalue weighted by Crippen LogP contribution is 2.54. The first-order valence-corrected chi connectivity index (χ1v) is 13.0. The molecule has 0 bridgehead atoms. The molecule has 2 aromatic carbocycles. The topological polar surface area (TPSA) is 88.5 Å². The number of anilines is 2. The first-order valence-electron chi connectivity index (χ1n) is 11.3. The van der Waals surface area contributed by atoms with Gasteiger partial charge in [-0.1, -0.05) is 72.8 Å². The molecule has 1 fully saturated rings. The zero-order valence-electron chi connectivity index (χ0n) is 19.8. The van der Waals surface area contributed by atoms with Gasteiger partial charge in [0.05, 0.1) is 16.6 Å². The average Bonchev–Trinajstić information content (AvgIpc) is 3.25. The number of thiazole rings is 1. The van der Waals surface area contributed by atoms with Gasteiger partial charge in [-0.15, -0.1) is 0 Å². The van der Waals surface area contributed by atoms with Crippen molar-refractivity contribution in [1.82, 2.24) is 4.57 Å². The van der Waals surface area contributed by atoms with Crippen LogP contribution in [-0.2, 0) is 26.3 Å². The van der Waals surface area contributed by atoms with Crippen LogP contribution in [0.15, 0.2) is 58.4 Å². The SMILES string of the molecule is Cc1ccc(N2C(=O)[C@H]3Sc4c(sc(=O)n4CC(=O)Nc4ccccc4C)C(C)(C)[C@H]3C2=O)cc1. The summed E-state index contributed by atoms with van der Waals surface area (Å²) in [4.78, 5) is 54.5. The molecule has 0 saturated carbocycles. The van der Waals surface area contributed by atoms with Gasteiger partial charge in [0.25, 0.3) is 0 Å². The number of amides is 3. The second-order valence-corrected chi connectivity index (χ2v) is 11.6. The molecule has 9 heteroatoms. The number of carbonyl (C=O) groups excluding carboxylic acids is 3. The van der Waals surface area contributed by atoms with Crippen LogP contribution in [0.25, 0.3) is 0 Å². The van der Waals surface area contributed by atoms with E-state index in [9.17, 15) is 19.2 Å². The van der Waals surface area contributed by atoms with Crippen molar-refractivity contribution in [2.45, 2.75) is 49.9 Å². The number of carbonyl (C=O) groups is 3. The van der Waals surface area contributed by atoms with E-state index in [-0.39, 0.29) is 29.1 Å². The van der Waals surface area contributed by atoms with E-state index in [1.54, 1.807) is 12.1 Å².